The molecule has 0 aromatic heterocycles. The predicted octanol–water partition coefficient (Wildman–Crippen LogP) is 2.19. The molecule has 1 fully saturated rings. The molecule has 0 amide bonds. The number of rotatable bonds is 2. The first-order chi connectivity index (χ1) is 8.78. The van der Waals surface area contributed by atoms with Crippen LogP contribution in [-0.4, -0.2) is 18.3 Å². The first-order valence-corrected chi connectivity index (χ1v) is 6.28. The molecule has 0 N–H and O–H groups in total. The summed E-state index contributed by atoms with van der Waals surface area (Å²) in [5, 5.41) is 8.83. The van der Waals surface area contributed by atoms with Gasteiger partial charge in [-0.05, 0) is 39.3 Å². The summed E-state index contributed by atoms with van der Waals surface area (Å²) in [6.45, 7) is 7.66. The van der Waals surface area contributed by atoms with Crippen LogP contribution in [0.25, 0.3) is 0 Å². The summed E-state index contributed by atoms with van der Waals surface area (Å²) in [5.74, 6) is -0.397. The van der Waals surface area contributed by atoms with Gasteiger partial charge < -0.3 is 9.31 Å². The second-order valence-electron chi connectivity index (χ2n) is 5.74. The number of halogens is 1. The van der Waals surface area contributed by atoms with Crippen LogP contribution in [0, 0.1) is 17.1 Å². The third kappa shape index (κ3) is 2.38. The molecule has 0 spiro atoms. The van der Waals surface area contributed by atoms with E-state index in [1.54, 1.807) is 12.1 Å². The molecule has 1 aliphatic heterocycles. The standard InChI is InChI=1S/C14H17BFNO2/c1-13(2)14(3,4)19-15(18-13)12-10(8-9-17)6-5-7-11(12)16/h5-7H,8H2,1-4H3. The van der Waals surface area contributed by atoms with Gasteiger partial charge in [-0.1, -0.05) is 12.1 Å². The zero-order valence-electron chi connectivity index (χ0n) is 11.7. The third-order valence-electron chi connectivity index (χ3n) is 3.90. The van der Waals surface area contributed by atoms with Crippen molar-refractivity contribution in [1.29, 1.82) is 5.26 Å². The Bertz CT molecular complexity index is 521. The van der Waals surface area contributed by atoms with Crippen LogP contribution in [0.1, 0.15) is 33.3 Å². The maximum Gasteiger partial charge on any atom is 0.498 e. The van der Waals surface area contributed by atoms with Gasteiger partial charge in [0.05, 0.1) is 23.7 Å². The minimum absolute atomic E-state index is 0.136. The third-order valence-corrected chi connectivity index (χ3v) is 3.90. The van der Waals surface area contributed by atoms with Crippen LogP contribution in [0.3, 0.4) is 0 Å². The van der Waals surface area contributed by atoms with Gasteiger partial charge in [-0.2, -0.15) is 5.26 Å². The van der Waals surface area contributed by atoms with Gasteiger partial charge in [-0.3, -0.25) is 0 Å². The van der Waals surface area contributed by atoms with Gasteiger partial charge in [0.25, 0.3) is 0 Å². The molecule has 1 aliphatic rings. The quantitative estimate of drug-likeness (QED) is 0.766. The zero-order valence-corrected chi connectivity index (χ0v) is 11.7. The molecular formula is C14H17BFNO2. The molecule has 1 saturated heterocycles. The Morgan fingerprint density at radius 3 is 2.32 bits per heavy atom. The fourth-order valence-electron chi connectivity index (χ4n) is 2.05. The van der Waals surface area contributed by atoms with Crippen molar-refractivity contribution in [2.24, 2.45) is 0 Å². The monoisotopic (exact) mass is 261 g/mol. The normalized spacial score (nSPS) is 20.3. The Balaban J connectivity index is 2.42. The summed E-state index contributed by atoms with van der Waals surface area (Å²) < 4.78 is 25.8. The van der Waals surface area contributed by atoms with Crippen molar-refractivity contribution in [2.75, 3.05) is 0 Å². The van der Waals surface area contributed by atoms with E-state index in [9.17, 15) is 4.39 Å². The van der Waals surface area contributed by atoms with E-state index in [0.717, 1.165) is 0 Å². The highest BCUT2D eigenvalue weighted by Crippen LogP contribution is 2.36. The smallest absolute Gasteiger partial charge is 0.399 e. The van der Waals surface area contributed by atoms with Crippen LogP contribution in [-0.2, 0) is 15.7 Å². The molecule has 19 heavy (non-hydrogen) atoms. The molecular weight excluding hydrogens is 244 g/mol. The van der Waals surface area contributed by atoms with E-state index >= 15 is 0 Å². The highest BCUT2D eigenvalue weighted by molar-refractivity contribution is 6.62. The van der Waals surface area contributed by atoms with Gasteiger partial charge in [0.2, 0.25) is 0 Å². The first kappa shape index (κ1) is 14.0. The van der Waals surface area contributed by atoms with Crippen LogP contribution < -0.4 is 5.46 Å². The van der Waals surface area contributed by atoms with E-state index in [1.165, 1.54) is 6.07 Å². The van der Waals surface area contributed by atoms with Crippen LogP contribution in [0.5, 0.6) is 0 Å². The first-order valence-electron chi connectivity index (χ1n) is 6.28. The van der Waals surface area contributed by atoms with Crippen molar-refractivity contribution in [2.45, 2.75) is 45.3 Å². The topological polar surface area (TPSA) is 42.2 Å². The average molecular weight is 261 g/mol. The zero-order chi connectivity index (χ0) is 14.3. The lowest BCUT2D eigenvalue weighted by atomic mass is 9.75. The summed E-state index contributed by atoms with van der Waals surface area (Å²) in [6, 6.07) is 6.72. The minimum Gasteiger partial charge on any atom is -0.399 e. The van der Waals surface area contributed by atoms with Crippen molar-refractivity contribution in [3.05, 3.63) is 29.6 Å². The molecule has 100 valence electrons. The Kier molecular flexibility index (Phi) is 3.42. The van der Waals surface area contributed by atoms with Crippen molar-refractivity contribution in [1.82, 2.24) is 0 Å². The molecule has 2 rings (SSSR count). The summed E-state index contributed by atoms with van der Waals surface area (Å²) in [6.07, 6.45) is 0.136. The highest BCUT2D eigenvalue weighted by Gasteiger charge is 2.52. The van der Waals surface area contributed by atoms with Gasteiger partial charge in [0.15, 0.2) is 0 Å². The van der Waals surface area contributed by atoms with Crippen molar-refractivity contribution < 1.29 is 13.7 Å². The van der Waals surface area contributed by atoms with Crippen LogP contribution in [0.2, 0.25) is 0 Å². The summed E-state index contributed by atoms with van der Waals surface area (Å²) in [5.41, 5.74) is -0.100. The lowest BCUT2D eigenvalue weighted by Gasteiger charge is -2.32. The van der Waals surface area contributed by atoms with Crippen LogP contribution in [0.15, 0.2) is 18.2 Å². The van der Waals surface area contributed by atoms with E-state index < -0.39 is 24.1 Å². The van der Waals surface area contributed by atoms with Crippen LogP contribution in [0.4, 0.5) is 4.39 Å². The molecule has 0 atom stereocenters. The van der Waals surface area contributed by atoms with E-state index in [4.69, 9.17) is 14.6 Å². The molecule has 0 unspecified atom stereocenters. The molecule has 3 nitrogen and oxygen atoms in total. The van der Waals surface area contributed by atoms with Crippen molar-refractivity contribution in [3.63, 3.8) is 0 Å². The highest BCUT2D eigenvalue weighted by atomic mass is 19.1. The number of hydrogen-bond donors (Lipinski definition) is 0. The van der Waals surface area contributed by atoms with E-state index in [-0.39, 0.29) is 6.42 Å². The molecule has 0 radical (unpaired) electrons. The summed E-state index contributed by atoms with van der Waals surface area (Å²) >= 11 is 0. The number of nitrogens with zero attached hydrogens (tertiary/aromatic N) is 1. The lowest BCUT2D eigenvalue weighted by molar-refractivity contribution is 0.00578. The molecule has 5 heteroatoms. The molecule has 1 aromatic rings. The maximum absolute atomic E-state index is 14.1. The van der Waals surface area contributed by atoms with E-state index in [0.29, 0.717) is 11.0 Å². The largest absolute Gasteiger partial charge is 0.498 e. The molecule has 0 aliphatic carbocycles. The van der Waals surface area contributed by atoms with Crippen LogP contribution >= 0.6 is 0 Å². The Hall–Kier alpha value is -1.38. The van der Waals surface area contributed by atoms with Gasteiger partial charge >= 0.3 is 7.12 Å². The Morgan fingerprint density at radius 2 is 1.79 bits per heavy atom. The molecule has 1 aromatic carbocycles. The average Bonchev–Trinajstić information content (AvgIpc) is 2.48. The summed E-state index contributed by atoms with van der Waals surface area (Å²) in [4.78, 5) is 0. The lowest BCUT2D eigenvalue weighted by Crippen LogP contribution is -2.41. The fraction of sp³-hybridized carbons (Fsp3) is 0.500. The Labute approximate surface area is 113 Å². The second-order valence-corrected chi connectivity index (χ2v) is 5.74. The molecule has 1 heterocycles. The van der Waals surface area contributed by atoms with Crippen molar-refractivity contribution in [3.8, 4) is 6.07 Å². The van der Waals surface area contributed by atoms with Gasteiger partial charge in [-0.15, -0.1) is 0 Å². The minimum atomic E-state index is -0.769. The van der Waals surface area contributed by atoms with E-state index in [1.807, 2.05) is 33.8 Å². The van der Waals surface area contributed by atoms with E-state index in [2.05, 4.69) is 0 Å². The number of nitriles is 1. The SMILES string of the molecule is CC1(C)OB(c2c(F)cccc2CC#N)OC1(C)C. The van der Waals surface area contributed by atoms with Gasteiger partial charge in [0.1, 0.15) is 5.82 Å². The van der Waals surface area contributed by atoms with Gasteiger partial charge in [-0.25, -0.2) is 4.39 Å². The maximum atomic E-state index is 14.1. The number of hydrogen-bond acceptors (Lipinski definition) is 3. The predicted molar refractivity (Wildman–Crippen MR) is 71.4 cm³/mol. The second kappa shape index (κ2) is 4.62. The fourth-order valence-corrected chi connectivity index (χ4v) is 2.05. The molecule has 0 saturated carbocycles. The Morgan fingerprint density at radius 1 is 1.21 bits per heavy atom. The molecule has 0 bridgehead atoms. The summed E-state index contributed by atoms with van der Waals surface area (Å²) in [7, 11) is -0.769. The van der Waals surface area contributed by atoms with Crippen molar-refractivity contribution >= 4 is 12.6 Å². The number of benzene rings is 1. The van der Waals surface area contributed by atoms with Gasteiger partial charge in [0, 0.05) is 5.46 Å².